The van der Waals surface area contributed by atoms with E-state index in [0.717, 1.165) is 29.5 Å². The number of aliphatic hydroxyl groups excluding tert-OH is 4. The topological polar surface area (TPSA) is 179 Å². The smallest absolute Gasteiger partial charge is 0.377 e. The number of carbonyl (C=O) groups excluding carboxylic acids is 1. The molecule has 228 valence electrons. The molecule has 42 heavy (non-hydrogen) atoms. The summed E-state index contributed by atoms with van der Waals surface area (Å²) < 4.78 is 13.5. The van der Waals surface area contributed by atoms with Crippen molar-refractivity contribution < 1.29 is 44.6 Å². The van der Waals surface area contributed by atoms with Gasteiger partial charge in [0, 0.05) is 10.9 Å². The number of hydrogen-bond donors (Lipinski definition) is 6. The lowest BCUT2D eigenvalue weighted by Crippen LogP contribution is -2.68. The number of carboxylic acid groups (broad SMARTS) is 1. The van der Waals surface area contributed by atoms with Gasteiger partial charge in [0.1, 0.15) is 29.1 Å². The lowest BCUT2D eigenvalue weighted by Gasteiger charge is -2.46. The first-order valence-corrected chi connectivity index (χ1v) is 15.4. The minimum Gasteiger partial charge on any atom is -0.476 e. The van der Waals surface area contributed by atoms with Gasteiger partial charge in [0.2, 0.25) is 5.91 Å². The van der Waals surface area contributed by atoms with Crippen LogP contribution in [0.3, 0.4) is 0 Å². The zero-order valence-electron chi connectivity index (χ0n) is 23.0. The summed E-state index contributed by atoms with van der Waals surface area (Å²) in [5.74, 6) is -4.47. The number of carboxylic acids is 1. The normalized spacial score (nSPS) is 23.8. The minimum absolute atomic E-state index is 0.0845. The number of rotatable bonds is 13. The zero-order chi connectivity index (χ0) is 30.4. The number of carbonyl (C=O) groups is 2. The van der Waals surface area contributed by atoms with Gasteiger partial charge in [-0.25, -0.2) is 9.78 Å². The Morgan fingerprint density at radius 1 is 1.21 bits per heavy atom. The van der Waals surface area contributed by atoms with Crippen molar-refractivity contribution in [3.8, 4) is 16.3 Å². The molecule has 1 aliphatic heterocycles. The van der Waals surface area contributed by atoms with Crippen LogP contribution in [-0.2, 0) is 14.3 Å². The summed E-state index contributed by atoms with van der Waals surface area (Å²) >= 11 is 4.81. The number of benzene rings is 2. The Morgan fingerprint density at radius 3 is 2.67 bits per heavy atom. The van der Waals surface area contributed by atoms with Gasteiger partial charge in [0.15, 0.2) is 0 Å². The number of nitrogens with one attached hydrogen (secondary N) is 1. The van der Waals surface area contributed by atoms with Crippen LogP contribution >= 0.6 is 27.3 Å². The second kappa shape index (κ2) is 14.2. The van der Waals surface area contributed by atoms with Crippen molar-refractivity contribution in [2.45, 2.75) is 81.7 Å². The molecular formula is C29H35BrN2O9S. The van der Waals surface area contributed by atoms with Crippen LogP contribution in [0.25, 0.3) is 20.8 Å². The first-order chi connectivity index (χ1) is 20.1. The Balaban J connectivity index is 1.67. The number of unbranched alkanes of at least 4 members (excludes halogenated alkanes) is 3. The van der Waals surface area contributed by atoms with Crippen molar-refractivity contribution in [1.82, 2.24) is 10.3 Å². The standard InChI is InChI=1S/C29H35BrN2O9S/c1-2-3-4-5-10-23(36)32-24-19(34)14-29(28(38)39,41-26(24)25(37)20(35)15-33)40-21-12-11-16(30)13-17(21)27-31-18-8-6-7-9-22(18)42-27/h6-9,11-13,19-20,24-26,33-35,37H,2-5,10,14-15H2,1H3,(H,32,36)(H,38,39). The van der Waals surface area contributed by atoms with Crippen molar-refractivity contribution in [1.29, 1.82) is 0 Å². The number of amides is 1. The van der Waals surface area contributed by atoms with E-state index >= 15 is 0 Å². The van der Waals surface area contributed by atoms with Crippen molar-refractivity contribution >= 4 is 49.4 Å². The molecule has 0 saturated carbocycles. The Labute approximate surface area is 255 Å². The number of aromatic nitrogens is 1. The Hall–Kier alpha value is -2.65. The molecular weight excluding hydrogens is 632 g/mol. The minimum atomic E-state index is -2.53. The van der Waals surface area contributed by atoms with E-state index in [9.17, 15) is 35.1 Å². The zero-order valence-corrected chi connectivity index (χ0v) is 25.4. The van der Waals surface area contributed by atoms with Crippen molar-refractivity contribution in [3.63, 3.8) is 0 Å². The fourth-order valence-corrected chi connectivity index (χ4v) is 6.24. The second-order valence-electron chi connectivity index (χ2n) is 10.3. The highest BCUT2D eigenvalue weighted by atomic mass is 79.9. The molecule has 3 aromatic rings. The van der Waals surface area contributed by atoms with E-state index < -0.39 is 61.1 Å². The highest BCUT2D eigenvalue weighted by Gasteiger charge is 2.57. The summed E-state index contributed by atoms with van der Waals surface area (Å²) in [7, 11) is 0. The summed E-state index contributed by atoms with van der Waals surface area (Å²) in [5.41, 5.74) is 1.20. The van der Waals surface area contributed by atoms with Crippen LogP contribution < -0.4 is 10.1 Å². The summed E-state index contributed by atoms with van der Waals surface area (Å²) in [5, 5.41) is 55.3. The largest absolute Gasteiger partial charge is 0.476 e. The maximum absolute atomic E-state index is 12.8. The average Bonchev–Trinajstić information content (AvgIpc) is 3.41. The average molecular weight is 668 g/mol. The molecule has 1 amide bonds. The monoisotopic (exact) mass is 666 g/mol. The molecule has 0 radical (unpaired) electrons. The SMILES string of the molecule is CCCCCCC(=O)NC1C(O)CC(Oc2ccc(Br)cc2-c2nc3ccccc3s2)(C(=O)O)OC1C(O)C(O)CO. The van der Waals surface area contributed by atoms with E-state index in [1.807, 2.05) is 31.2 Å². The lowest BCUT2D eigenvalue weighted by molar-refractivity contribution is -0.284. The van der Waals surface area contributed by atoms with Crippen molar-refractivity contribution in [2.75, 3.05) is 6.61 Å². The molecule has 2 aromatic carbocycles. The Kier molecular flexibility index (Phi) is 10.9. The molecule has 6 N–H and O–H groups in total. The molecule has 1 aliphatic rings. The van der Waals surface area contributed by atoms with Gasteiger partial charge in [-0.3, -0.25) is 4.79 Å². The lowest BCUT2D eigenvalue weighted by atomic mass is 9.88. The molecule has 4 rings (SSSR count). The molecule has 13 heteroatoms. The number of aliphatic hydroxyl groups is 4. The van der Waals surface area contributed by atoms with Crippen LogP contribution in [0.5, 0.6) is 5.75 Å². The second-order valence-corrected chi connectivity index (χ2v) is 12.2. The number of nitrogens with zero attached hydrogens (tertiary/aromatic N) is 1. The third kappa shape index (κ3) is 7.28. The fraction of sp³-hybridized carbons (Fsp3) is 0.483. The summed E-state index contributed by atoms with van der Waals surface area (Å²) in [6.07, 6.45) is -3.89. The molecule has 1 aromatic heterocycles. The molecule has 11 nitrogen and oxygen atoms in total. The van der Waals surface area contributed by atoms with E-state index in [-0.39, 0.29) is 12.2 Å². The molecule has 0 bridgehead atoms. The van der Waals surface area contributed by atoms with E-state index in [1.165, 1.54) is 17.4 Å². The van der Waals surface area contributed by atoms with Crippen LogP contribution in [-0.4, -0.2) is 85.2 Å². The molecule has 6 atom stereocenters. The van der Waals surface area contributed by atoms with Gasteiger partial charge in [-0.05, 0) is 36.8 Å². The first-order valence-electron chi connectivity index (χ1n) is 13.8. The van der Waals surface area contributed by atoms with Crippen LogP contribution in [0.4, 0.5) is 0 Å². The van der Waals surface area contributed by atoms with Crippen LogP contribution in [0, 0.1) is 0 Å². The number of para-hydroxylation sites is 1. The predicted octanol–water partition coefficient (Wildman–Crippen LogP) is 3.20. The fourth-order valence-electron chi connectivity index (χ4n) is 4.89. The molecule has 2 heterocycles. The predicted molar refractivity (Wildman–Crippen MR) is 159 cm³/mol. The van der Waals surface area contributed by atoms with Crippen LogP contribution in [0.15, 0.2) is 46.9 Å². The molecule has 1 saturated heterocycles. The van der Waals surface area contributed by atoms with Gasteiger partial charge in [-0.2, -0.15) is 0 Å². The van der Waals surface area contributed by atoms with E-state index in [0.29, 0.717) is 21.5 Å². The van der Waals surface area contributed by atoms with Gasteiger partial charge >= 0.3 is 11.8 Å². The van der Waals surface area contributed by atoms with Crippen molar-refractivity contribution in [2.24, 2.45) is 0 Å². The van der Waals surface area contributed by atoms with Crippen LogP contribution in [0.2, 0.25) is 0 Å². The number of halogens is 1. The summed E-state index contributed by atoms with van der Waals surface area (Å²) in [4.78, 5) is 30.1. The van der Waals surface area contributed by atoms with Crippen molar-refractivity contribution in [3.05, 3.63) is 46.9 Å². The highest BCUT2D eigenvalue weighted by Crippen LogP contribution is 2.41. The number of ether oxygens (including phenoxy) is 2. The number of thiazole rings is 1. The van der Waals surface area contributed by atoms with Gasteiger partial charge in [-0.15, -0.1) is 11.3 Å². The maximum atomic E-state index is 12.8. The highest BCUT2D eigenvalue weighted by molar-refractivity contribution is 9.10. The maximum Gasteiger partial charge on any atom is 0.377 e. The first kappa shape index (κ1) is 32.3. The quantitative estimate of drug-likeness (QED) is 0.148. The van der Waals surface area contributed by atoms with Gasteiger partial charge < -0.3 is 40.3 Å². The van der Waals surface area contributed by atoms with E-state index in [1.54, 1.807) is 12.1 Å². The number of aliphatic carboxylic acids is 1. The molecule has 1 fully saturated rings. The summed E-state index contributed by atoms with van der Waals surface area (Å²) in [6, 6.07) is 11.1. The molecule has 0 aliphatic carbocycles. The third-order valence-electron chi connectivity index (χ3n) is 7.14. The van der Waals surface area contributed by atoms with E-state index in [4.69, 9.17) is 9.47 Å². The summed E-state index contributed by atoms with van der Waals surface area (Å²) in [6.45, 7) is 1.17. The van der Waals surface area contributed by atoms with Crippen LogP contribution in [0.1, 0.15) is 45.4 Å². The number of hydrogen-bond acceptors (Lipinski definition) is 10. The van der Waals surface area contributed by atoms with E-state index in [2.05, 4.69) is 26.2 Å². The van der Waals surface area contributed by atoms with Gasteiger partial charge in [-0.1, -0.05) is 54.2 Å². The molecule has 6 unspecified atom stereocenters. The Bertz CT molecular complexity index is 1360. The third-order valence-corrected chi connectivity index (χ3v) is 8.71. The van der Waals surface area contributed by atoms with Gasteiger partial charge in [0.05, 0.1) is 41.0 Å². The number of fused-ring (bicyclic) bond motifs is 1. The van der Waals surface area contributed by atoms with Gasteiger partial charge in [0.25, 0.3) is 0 Å². The molecule has 0 spiro atoms. The Morgan fingerprint density at radius 2 is 1.98 bits per heavy atom.